The van der Waals surface area contributed by atoms with E-state index in [0.717, 1.165) is 15.9 Å². The highest BCUT2D eigenvalue weighted by molar-refractivity contribution is 9.10. The van der Waals surface area contributed by atoms with Crippen molar-refractivity contribution in [3.05, 3.63) is 15.9 Å². The molecule has 18 heavy (non-hydrogen) atoms. The second-order valence-electron chi connectivity index (χ2n) is 4.43. The van der Waals surface area contributed by atoms with Gasteiger partial charge < -0.3 is 10.5 Å². The molecule has 1 saturated heterocycles. The minimum Gasteiger partial charge on any atom is -0.378 e. The summed E-state index contributed by atoms with van der Waals surface area (Å²) in [5.74, 6) is -0.343. The summed E-state index contributed by atoms with van der Waals surface area (Å²) in [5, 5.41) is 4.34. The fourth-order valence-electron chi connectivity index (χ4n) is 2.13. The number of carbonyl (C=O) groups excluding carboxylic acids is 1. The number of rotatable bonds is 3. The number of ether oxygens (including phenoxy) is 1. The summed E-state index contributed by atoms with van der Waals surface area (Å²) in [5.41, 5.74) is 7.38. The molecule has 1 aromatic rings. The van der Waals surface area contributed by atoms with Crippen molar-refractivity contribution in [1.29, 1.82) is 0 Å². The molecule has 0 aromatic carbocycles. The van der Waals surface area contributed by atoms with E-state index in [9.17, 15) is 4.79 Å². The van der Waals surface area contributed by atoms with Crippen LogP contribution < -0.4 is 5.73 Å². The first-order valence-electron chi connectivity index (χ1n) is 5.79. The Morgan fingerprint density at radius 1 is 1.67 bits per heavy atom. The van der Waals surface area contributed by atoms with Crippen LogP contribution in [0.15, 0.2) is 4.47 Å². The number of nitrogens with zero attached hydrogens (tertiary/aromatic N) is 3. The molecule has 2 N–H and O–H groups in total. The summed E-state index contributed by atoms with van der Waals surface area (Å²) in [4.78, 5) is 13.4. The topological polar surface area (TPSA) is 73.4 Å². The van der Waals surface area contributed by atoms with Gasteiger partial charge in [0.15, 0.2) is 0 Å². The van der Waals surface area contributed by atoms with Gasteiger partial charge in [-0.1, -0.05) is 0 Å². The van der Waals surface area contributed by atoms with E-state index in [1.54, 1.807) is 0 Å². The van der Waals surface area contributed by atoms with Gasteiger partial charge in [0.05, 0.1) is 29.1 Å². The van der Waals surface area contributed by atoms with Crippen molar-refractivity contribution in [2.75, 3.05) is 19.8 Å². The molecule has 1 unspecified atom stereocenters. The highest BCUT2D eigenvalue weighted by Crippen LogP contribution is 2.23. The maximum Gasteiger partial charge on any atom is 0.237 e. The molecule has 1 amide bonds. The molecule has 1 aliphatic rings. The Hall–Kier alpha value is -0.920. The van der Waals surface area contributed by atoms with E-state index in [4.69, 9.17) is 10.5 Å². The number of primary amides is 1. The van der Waals surface area contributed by atoms with Gasteiger partial charge in [-0.3, -0.25) is 14.4 Å². The van der Waals surface area contributed by atoms with E-state index >= 15 is 0 Å². The smallest absolute Gasteiger partial charge is 0.237 e. The summed E-state index contributed by atoms with van der Waals surface area (Å²) in [7, 11) is 1.90. The molecule has 0 aliphatic carbocycles. The maximum absolute atomic E-state index is 11.4. The molecule has 0 saturated carbocycles. The van der Waals surface area contributed by atoms with Crippen molar-refractivity contribution in [3.8, 4) is 0 Å². The van der Waals surface area contributed by atoms with Crippen LogP contribution >= 0.6 is 15.9 Å². The number of aryl methyl sites for hydroxylation is 2. The quantitative estimate of drug-likeness (QED) is 0.863. The Bertz CT molecular complexity index is 460. The summed E-state index contributed by atoms with van der Waals surface area (Å²) in [6, 6.07) is -0.360. The van der Waals surface area contributed by atoms with Crippen molar-refractivity contribution >= 4 is 21.8 Å². The summed E-state index contributed by atoms with van der Waals surface area (Å²) < 4.78 is 8.11. The SMILES string of the molecule is Cc1nn(C)c(CN2CCOCC2C(N)=O)c1Br. The number of hydrogen-bond acceptors (Lipinski definition) is 4. The number of carbonyl (C=O) groups is 1. The van der Waals surface area contributed by atoms with Gasteiger partial charge in [0, 0.05) is 20.1 Å². The van der Waals surface area contributed by atoms with Gasteiger partial charge in [-0.15, -0.1) is 0 Å². The Labute approximate surface area is 114 Å². The normalized spacial score (nSPS) is 21.2. The molecule has 1 aromatic heterocycles. The van der Waals surface area contributed by atoms with Crippen molar-refractivity contribution in [2.45, 2.75) is 19.5 Å². The van der Waals surface area contributed by atoms with Gasteiger partial charge >= 0.3 is 0 Å². The van der Waals surface area contributed by atoms with Crippen LogP contribution in [-0.2, 0) is 23.1 Å². The van der Waals surface area contributed by atoms with Crippen molar-refractivity contribution in [3.63, 3.8) is 0 Å². The zero-order valence-electron chi connectivity index (χ0n) is 10.5. The second-order valence-corrected chi connectivity index (χ2v) is 5.23. The lowest BCUT2D eigenvalue weighted by atomic mass is 10.2. The van der Waals surface area contributed by atoms with Gasteiger partial charge in [-0.2, -0.15) is 5.10 Å². The first-order chi connectivity index (χ1) is 8.50. The van der Waals surface area contributed by atoms with Gasteiger partial charge in [0.1, 0.15) is 6.04 Å². The Balaban J connectivity index is 2.18. The number of aromatic nitrogens is 2. The largest absolute Gasteiger partial charge is 0.378 e. The van der Waals surface area contributed by atoms with Gasteiger partial charge in [0.25, 0.3) is 0 Å². The zero-order valence-corrected chi connectivity index (χ0v) is 12.1. The molecule has 2 rings (SSSR count). The van der Waals surface area contributed by atoms with Crippen molar-refractivity contribution in [2.24, 2.45) is 12.8 Å². The average molecular weight is 317 g/mol. The molecule has 7 heteroatoms. The fourth-order valence-corrected chi connectivity index (χ4v) is 2.59. The van der Waals surface area contributed by atoms with Crippen LogP contribution in [0.3, 0.4) is 0 Å². The molecular weight excluding hydrogens is 300 g/mol. The van der Waals surface area contributed by atoms with Crippen LogP contribution in [0.25, 0.3) is 0 Å². The average Bonchev–Trinajstić information content (AvgIpc) is 2.56. The second kappa shape index (κ2) is 5.38. The molecule has 0 spiro atoms. The lowest BCUT2D eigenvalue weighted by Crippen LogP contribution is -2.52. The molecule has 0 bridgehead atoms. The summed E-state index contributed by atoms with van der Waals surface area (Å²) in [6.45, 7) is 4.26. The summed E-state index contributed by atoms with van der Waals surface area (Å²) >= 11 is 3.53. The van der Waals surface area contributed by atoms with Gasteiger partial charge in [-0.05, 0) is 22.9 Å². The maximum atomic E-state index is 11.4. The van der Waals surface area contributed by atoms with Gasteiger partial charge in [-0.25, -0.2) is 0 Å². The summed E-state index contributed by atoms with van der Waals surface area (Å²) in [6.07, 6.45) is 0. The molecule has 6 nitrogen and oxygen atoms in total. The minimum atomic E-state index is -0.360. The van der Waals surface area contributed by atoms with Crippen molar-refractivity contribution in [1.82, 2.24) is 14.7 Å². The molecule has 1 aliphatic heterocycles. The fraction of sp³-hybridized carbons (Fsp3) is 0.636. The third kappa shape index (κ3) is 2.57. The lowest BCUT2D eigenvalue weighted by molar-refractivity contribution is -0.129. The third-order valence-electron chi connectivity index (χ3n) is 3.18. The predicted molar refractivity (Wildman–Crippen MR) is 69.9 cm³/mol. The van der Waals surface area contributed by atoms with E-state index in [2.05, 4.69) is 21.0 Å². The van der Waals surface area contributed by atoms with E-state index in [-0.39, 0.29) is 11.9 Å². The molecular formula is C11H17BrN4O2. The van der Waals surface area contributed by atoms with E-state index in [1.165, 1.54) is 0 Å². The standard InChI is InChI=1S/C11H17BrN4O2/c1-7-10(12)8(15(2)14-7)5-16-3-4-18-6-9(16)11(13)17/h9H,3-6H2,1-2H3,(H2,13,17). The molecule has 1 fully saturated rings. The first-order valence-corrected chi connectivity index (χ1v) is 6.59. The van der Waals surface area contributed by atoms with Crippen LogP contribution in [0.5, 0.6) is 0 Å². The molecule has 0 radical (unpaired) electrons. The number of morpholine rings is 1. The highest BCUT2D eigenvalue weighted by Gasteiger charge is 2.29. The van der Waals surface area contributed by atoms with Crippen LogP contribution in [0.2, 0.25) is 0 Å². The molecule has 2 heterocycles. The third-order valence-corrected chi connectivity index (χ3v) is 4.21. The van der Waals surface area contributed by atoms with E-state index in [1.807, 2.05) is 23.6 Å². The Morgan fingerprint density at radius 2 is 2.39 bits per heavy atom. The number of halogens is 1. The van der Waals surface area contributed by atoms with Crippen molar-refractivity contribution < 1.29 is 9.53 Å². The Kier molecular flexibility index (Phi) is 4.04. The number of nitrogens with two attached hydrogens (primary N) is 1. The lowest BCUT2D eigenvalue weighted by Gasteiger charge is -2.33. The zero-order chi connectivity index (χ0) is 13.3. The Morgan fingerprint density at radius 3 is 2.94 bits per heavy atom. The monoisotopic (exact) mass is 316 g/mol. The molecule has 1 atom stereocenters. The molecule has 100 valence electrons. The van der Waals surface area contributed by atoms with Gasteiger partial charge in [0.2, 0.25) is 5.91 Å². The van der Waals surface area contributed by atoms with Crippen LogP contribution in [0, 0.1) is 6.92 Å². The highest BCUT2D eigenvalue weighted by atomic mass is 79.9. The number of hydrogen-bond donors (Lipinski definition) is 1. The van der Waals surface area contributed by atoms with E-state index < -0.39 is 0 Å². The minimum absolute atomic E-state index is 0.343. The van der Waals surface area contributed by atoms with Crippen LogP contribution in [0.4, 0.5) is 0 Å². The first kappa shape index (κ1) is 13.5. The van der Waals surface area contributed by atoms with Crippen LogP contribution in [0.1, 0.15) is 11.4 Å². The predicted octanol–water partition coefficient (Wildman–Crippen LogP) is 0.177. The number of amides is 1. The van der Waals surface area contributed by atoms with Crippen LogP contribution in [-0.4, -0.2) is 46.4 Å². The van der Waals surface area contributed by atoms with E-state index in [0.29, 0.717) is 26.3 Å².